The van der Waals surface area contributed by atoms with Gasteiger partial charge in [-0.3, -0.25) is 4.98 Å². The molecule has 1 aromatic heterocycles. The summed E-state index contributed by atoms with van der Waals surface area (Å²) in [6, 6.07) is 3.86. The Kier molecular flexibility index (Phi) is 3.77. The number of rotatable bonds is 3. The van der Waals surface area contributed by atoms with Crippen molar-refractivity contribution in [3.05, 3.63) is 29.6 Å². The molecule has 0 radical (unpaired) electrons. The lowest BCUT2D eigenvalue weighted by molar-refractivity contribution is 0.137. The zero-order valence-electron chi connectivity index (χ0n) is 9.43. The standard InChI is InChI=1S/C12H17F2N/c1-12(2,3)9-6-7-15-10(8-9)4-5-11(13)14/h6-8,11H,4-5H2,1-3H3. The summed E-state index contributed by atoms with van der Waals surface area (Å²) in [5, 5.41) is 0. The Morgan fingerprint density at radius 2 is 2.00 bits per heavy atom. The second-order valence-electron chi connectivity index (χ2n) is 4.72. The molecule has 0 bridgehead atoms. The SMILES string of the molecule is CC(C)(C)c1ccnc(CCC(F)F)c1. The van der Waals surface area contributed by atoms with E-state index in [1.807, 2.05) is 12.1 Å². The number of alkyl halides is 2. The van der Waals surface area contributed by atoms with Crippen LogP contribution in [0.25, 0.3) is 0 Å². The molecule has 0 aliphatic rings. The maximum absolute atomic E-state index is 12.0. The third-order valence-electron chi connectivity index (χ3n) is 2.30. The highest BCUT2D eigenvalue weighted by Crippen LogP contribution is 2.22. The van der Waals surface area contributed by atoms with Crippen molar-refractivity contribution in [2.75, 3.05) is 0 Å². The quantitative estimate of drug-likeness (QED) is 0.747. The maximum Gasteiger partial charge on any atom is 0.239 e. The molecule has 0 saturated carbocycles. The van der Waals surface area contributed by atoms with Crippen LogP contribution in [0, 0.1) is 0 Å². The van der Waals surface area contributed by atoms with Crippen molar-refractivity contribution in [1.82, 2.24) is 4.98 Å². The average Bonchev–Trinajstić information content (AvgIpc) is 2.14. The molecule has 0 N–H and O–H groups in total. The summed E-state index contributed by atoms with van der Waals surface area (Å²) in [6.07, 6.45) is -0.311. The molecule has 0 saturated heterocycles. The van der Waals surface area contributed by atoms with E-state index in [9.17, 15) is 8.78 Å². The van der Waals surface area contributed by atoms with Crippen LogP contribution in [0.1, 0.15) is 38.4 Å². The monoisotopic (exact) mass is 213 g/mol. The molecule has 0 unspecified atom stereocenters. The largest absolute Gasteiger partial charge is 0.261 e. The fourth-order valence-corrected chi connectivity index (χ4v) is 1.34. The molecule has 0 fully saturated rings. The van der Waals surface area contributed by atoms with Crippen molar-refractivity contribution in [2.45, 2.75) is 45.5 Å². The molecule has 0 spiro atoms. The zero-order chi connectivity index (χ0) is 11.5. The Morgan fingerprint density at radius 3 is 2.53 bits per heavy atom. The van der Waals surface area contributed by atoms with Crippen LogP contribution in [0.5, 0.6) is 0 Å². The number of aromatic nitrogens is 1. The topological polar surface area (TPSA) is 12.9 Å². The van der Waals surface area contributed by atoms with Crippen molar-refractivity contribution >= 4 is 0 Å². The van der Waals surface area contributed by atoms with E-state index in [4.69, 9.17) is 0 Å². The van der Waals surface area contributed by atoms with Crippen molar-refractivity contribution in [3.8, 4) is 0 Å². The Morgan fingerprint density at radius 1 is 1.33 bits per heavy atom. The third-order valence-corrected chi connectivity index (χ3v) is 2.30. The minimum atomic E-state index is -2.25. The van der Waals surface area contributed by atoms with Crippen molar-refractivity contribution in [3.63, 3.8) is 0 Å². The fourth-order valence-electron chi connectivity index (χ4n) is 1.34. The molecule has 0 aliphatic heterocycles. The minimum absolute atomic E-state index is 0.0442. The lowest BCUT2D eigenvalue weighted by Gasteiger charge is -2.19. The molecule has 15 heavy (non-hydrogen) atoms. The molecule has 0 atom stereocenters. The second kappa shape index (κ2) is 4.69. The number of nitrogens with zero attached hydrogens (tertiary/aromatic N) is 1. The van der Waals surface area contributed by atoms with Crippen molar-refractivity contribution in [2.24, 2.45) is 0 Å². The Labute approximate surface area is 89.5 Å². The first-order valence-corrected chi connectivity index (χ1v) is 5.13. The molecule has 1 aromatic rings. The van der Waals surface area contributed by atoms with E-state index in [0.29, 0.717) is 6.42 Å². The van der Waals surface area contributed by atoms with Gasteiger partial charge >= 0.3 is 0 Å². The molecular formula is C12H17F2N. The molecule has 1 rings (SSSR count). The summed E-state index contributed by atoms with van der Waals surface area (Å²) in [5.74, 6) is 0. The Balaban J connectivity index is 2.75. The van der Waals surface area contributed by atoms with Gasteiger partial charge in [0.2, 0.25) is 6.43 Å². The highest BCUT2D eigenvalue weighted by molar-refractivity contribution is 5.23. The average molecular weight is 213 g/mol. The van der Waals surface area contributed by atoms with Crippen LogP contribution in [0.15, 0.2) is 18.3 Å². The summed E-state index contributed by atoms with van der Waals surface area (Å²) in [6.45, 7) is 6.29. The molecule has 84 valence electrons. The molecule has 3 heteroatoms. The van der Waals surface area contributed by atoms with Crippen LogP contribution in [0.4, 0.5) is 8.78 Å². The van der Waals surface area contributed by atoms with Crippen molar-refractivity contribution in [1.29, 1.82) is 0 Å². The molecule has 1 nitrogen and oxygen atoms in total. The summed E-state index contributed by atoms with van der Waals surface area (Å²) in [4.78, 5) is 4.09. The smallest absolute Gasteiger partial charge is 0.239 e. The van der Waals surface area contributed by atoms with Crippen molar-refractivity contribution < 1.29 is 8.78 Å². The highest BCUT2D eigenvalue weighted by atomic mass is 19.3. The number of hydrogen-bond donors (Lipinski definition) is 0. The predicted molar refractivity (Wildman–Crippen MR) is 57.3 cm³/mol. The van der Waals surface area contributed by atoms with Gasteiger partial charge in [-0.1, -0.05) is 20.8 Å². The van der Waals surface area contributed by atoms with Crippen LogP contribution in [0.2, 0.25) is 0 Å². The summed E-state index contributed by atoms with van der Waals surface area (Å²) in [7, 11) is 0. The second-order valence-corrected chi connectivity index (χ2v) is 4.72. The minimum Gasteiger partial charge on any atom is -0.261 e. The first-order valence-electron chi connectivity index (χ1n) is 5.13. The summed E-state index contributed by atoms with van der Waals surface area (Å²) >= 11 is 0. The number of pyridine rings is 1. The number of aryl methyl sites for hydroxylation is 1. The van der Waals surface area contributed by atoms with Gasteiger partial charge in [0.1, 0.15) is 0 Å². The van der Waals surface area contributed by atoms with Crippen LogP contribution < -0.4 is 0 Å². The molecule has 0 aromatic carbocycles. The van der Waals surface area contributed by atoms with Crippen LogP contribution in [-0.4, -0.2) is 11.4 Å². The number of hydrogen-bond acceptors (Lipinski definition) is 1. The maximum atomic E-state index is 12.0. The first kappa shape index (κ1) is 12.1. The lowest BCUT2D eigenvalue weighted by atomic mass is 9.87. The summed E-state index contributed by atoms with van der Waals surface area (Å²) < 4.78 is 24.1. The zero-order valence-corrected chi connectivity index (χ0v) is 9.43. The van der Waals surface area contributed by atoms with E-state index < -0.39 is 6.43 Å². The van der Waals surface area contributed by atoms with Gasteiger partial charge in [0, 0.05) is 18.3 Å². The van der Waals surface area contributed by atoms with E-state index in [1.54, 1.807) is 6.20 Å². The third kappa shape index (κ3) is 3.94. The Hall–Kier alpha value is -0.990. The molecular weight excluding hydrogens is 196 g/mol. The van der Waals surface area contributed by atoms with Gasteiger partial charge in [-0.05, 0) is 29.5 Å². The summed E-state index contributed by atoms with van der Waals surface area (Å²) in [5.41, 5.74) is 1.94. The predicted octanol–water partition coefficient (Wildman–Crippen LogP) is 3.58. The molecule has 0 aliphatic carbocycles. The fraction of sp³-hybridized carbons (Fsp3) is 0.583. The van der Waals surface area contributed by atoms with E-state index in [2.05, 4.69) is 25.8 Å². The van der Waals surface area contributed by atoms with Gasteiger partial charge in [-0.2, -0.15) is 0 Å². The van der Waals surface area contributed by atoms with Gasteiger partial charge in [0.05, 0.1) is 0 Å². The van der Waals surface area contributed by atoms with E-state index in [-0.39, 0.29) is 11.8 Å². The van der Waals surface area contributed by atoms with Gasteiger partial charge in [0.25, 0.3) is 0 Å². The lowest BCUT2D eigenvalue weighted by Crippen LogP contribution is -2.12. The van der Waals surface area contributed by atoms with Crippen LogP contribution in [-0.2, 0) is 11.8 Å². The molecule has 0 amide bonds. The van der Waals surface area contributed by atoms with Gasteiger partial charge < -0.3 is 0 Å². The highest BCUT2D eigenvalue weighted by Gasteiger charge is 2.14. The van der Waals surface area contributed by atoms with Gasteiger partial charge in [-0.25, -0.2) is 8.78 Å². The normalized spacial score (nSPS) is 12.1. The molecule has 1 heterocycles. The first-order chi connectivity index (χ1) is 6.89. The van der Waals surface area contributed by atoms with E-state index in [1.165, 1.54) is 0 Å². The van der Waals surface area contributed by atoms with Crippen LogP contribution >= 0.6 is 0 Å². The van der Waals surface area contributed by atoms with Crippen LogP contribution in [0.3, 0.4) is 0 Å². The van der Waals surface area contributed by atoms with Gasteiger partial charge in [0.15, 0.2) is 0 Å². The van der Waals surface area contributed by atoms with E-state index >= 15 is 0 Å². The van der Waals surface area contributed by atoms with E-state index in [0.717, 1.165) is 11.3 Å². The Bertz CT molecular complexity index is 316. The number of halogens is 2. The van der Waals surface area contributed by atoms with Gasteiger partial charge in [-0.15, -0.1) is 0 Å².